The highest BCUT2D eigenvalue weighted by Crippen LogP contribution is 2.28. The number of amides is 1. The molecule has 0 aromatic heterocycles. The summed E-state index contributed by atoms with van der Waals surface area (Å²) >= 11 is 0. The smallest absolute Gasteiger partial charge is 0.258 e. The molecule has 0 aliphatic carbocycles. The number of rotatable bonds is 8. The zero-order valence-electron chi connectivity index (χ0n) is 16.8. The molecule has 5 heteroatoms. The van der Waals surface area contributed by atoms with Gasteiger partial charge in [-0.25, -0.2) is 0 Å². The topological polar surface area (TPSA) is 59.6 Å². The molecule has 0 saturated carbocycles. The number of hydrogen-bond donors (Lipinski definition) is 2. The lowest BCUT2D eigenvalue weighted by molar-refractivity contribution is -0.124. The van der Waals surface area contributed by atoms with Crippen molar-refractivity contribution in [2.24, 2.45) is 0 Å². The Morgan fingerprint density at radius 1 is 1.07 bits per heavy atom. The van der Waals surface area contributed by atoms with Crippen molar-refractivity contribution in [2.75, 3.05) is 13.7 Å². The van der Waals surface area contributed by atoms with E-state index in [0.717, 1.165) is 5.56 Å². The van der Waals surface area contributed by atoms with E-state index in [0.29, 0.717) is 18.0 Å². The molecule has 0 radical (unpaired) electrons. The summed E-state index contributed by atoms with van der Waals surface area (Å²) in [4.78, 5) is 11.9. The van der Waals surface area contributed by atoms with Crippen molar-refractivity contribution in [3.05, 3.63) is 59.7 Å². The Balaban J connectivity index is 1.94. The van der Waals surface area contributed by atoms with Crippen molar-refractivity contribution in [3.8, 4) is 11.5 Å². The molecule has 5 nitrogen and oxygen atoms in total. The van der Waals surface area contributed by atoms with E-state index < -0.39 is 0 Å². The number of methoxy groups -OCH3 is 1. The number of ether oxygens (including phenoxy) is 2. The minimum absolute atomic E-state index is 0.0454. The van der Waals surface area contributed by atoms with Gasteiger partial charge in [0.15, 0.2) is 18.1 Å². The van der Waals surface area contributed by atoms with Crippen molar-refractivity contribution in [2.45, 2.75) is 45.8 Å². The van der Waals surface area contributed by atoms with Crippen molar-refractivity contribution in [1.29, 1.82) is 0 Å². The van der Waals surface area contributed by atoms with Crippen LogP contribution in [0.25, 0.3) is 0 Å². The second kappa shape index (κ2) is 9.42. The van der Waals surface area contributed by atoms with Crippen molar-refractivity contribution >= 4 is 5.91 Å². The molecule has 2 rings (SSSR count). The molecule has 0 bridgehead atoms. The maximum atomic E-state index is 11.9. The molecule has 0 saturated heterocycles. The van der Waals surface area contributed by atoms with Crippen LogP contribution in [0.5, 0.6) is 11.5 Å². The van der Waals surface area contributed by atoms with E-state index >= 15 is 0 Å². The highest BCUT2D eigenvalue weighted by atomic mass is 16.5. The van der Waals surface area contributed by atoms with Gasteiger partial charge in [0.05, 0.1) is 7.11 Å². The fourth-order valence-electron chi connectivity index (χ4n) is 2.67. The molecular weight excluding hydrogens is 340 g/mol. The number of nitrogens with one attached hydrogen (secondary N) is 2. The molecule has 0 fully saturated rings. The van der Waals surface area contributed by atoms with Crippen LogP contribution < -0.4 is 20.1 Å². The summed E-state index contributed by atoms with van der Waals surface area (Å²) < 4.78 is 11.1. The zero-order chi connectivity index (χ0) is 19.9. The van der Waals surface area contributed by atoms with E-state index in [1.807, 2.05) is 57.2 Å². The number of benzene rings is 2. The summed E-state index contributed by atoms with van der Waals surface area (Å²) in [6, 6.07) is 16.3. The van der Waals surface area contributed by atoms with Gasteiger partial charge in [-0.2, -0.15) is 0 Å². The fourth-order valence-corrected chi connectivity index (χ4v) is 2.67. The first kappa shape index (κ1) is 20.8. The number of carbonyl (C=O) groups excluding carboxylic acids is 1. The van der Waals surface area contributed by atoms with Crippen LogP contribution in [-0.2, 0) is 11.3 Å². The Hall–Kier alpha value is -2.53. The predicted octanol–water partition coefficient (Wildman–Crippen LogP) is 3.84. The standard InChI is InChI=1S/C22H30N2O3/c1-16(18-9-7-6-8-10-18)23-14-17-11-12-19(20(13-17)26-5)27-15-21(25)24-22(2,3)4/h6-13,16,23H,14-15H2,1-5H3,(H,24,25)/t16-/m0/s1. The van der Waals surface area contributed by atoms with Crippen LogP contribution in [0.15, 0.2) is 48.5 Å². The Morgan fingerprint density at radius 3 is 2.41 bits per heavy atom. The Kier molecular flexibility index (Phi) is 7.25. The maximum Gasteiger partial charge on any atom is 0.258 e. The lowest BCUT2D eigenvalue weighted by Crippen LogP contribution is -2.43. The Labute approximate surface area is 162 Å². The van der Waals surface area contributed by atoms with E-state index in [9.17, 15) is 4.79 Å². The largest absolute Gasteiger partial charge is 0.493 e. The van der Waals surface area contributed by atoms with Gasteiger partial charge in [0.1, 0.15) is 0 Å². The van der Waals surface area contributed by atoms with E-state index in [4.69, 9.17) is 9.47 Å². The van der Waals surface area contributed by atoms with Gasteiger partial charge in [0, 0.05) is 18.1 Å². The van der Waals surface area contributed by atoms with Crippen molar-refractivity contribution < 1.29 is 14.3 Å². The first-order valence-corrected chi connectivity index (χ1v) is 9.17. The lowest BCUT2D eigenvalue weighted by atomic mass is 10.1. The van der Waals surface area contributed by atoms with E-state index in [1.165, 1.54) is 5.56 Å². The monoisotopic (exact) mass is 370 g/mol. The van der Waals surface area contributed by atoms with Gasteiger partial charge in [-0.05, 0) is 51.0 Å². The normalized spacial score (nSPS) is 12.3. The van der Waals surface area contributed by atoms with Crippen molar-refractivity contribution in [3.63, 3.8) is 0 Å². The summed E-state index contributed by atoms with van der Waals surface area (Å²) in [5.74, 6) is 1.01. The Bertz CT molecular complexity index is 739. The van der Waals surface area contributed by atoms with Gasteiger partial charge in [-0.15, -0.1) is 0 Å². The summed E-state index contributed by atoms with van der Waals surface area (Å²) in [5, 5.41) is 6.37. The van der Waals surface area contributed by atoms with Crippen LogP contribution in [0.3, 0.4) is 0 Å². The summed E-state index contributed by atoms with van der Waals surface area (Å²) in [6.07, 6.45) is 0. The van der Waals surface area contributed by atoms with Gasteiger partial charge in [0.2, 0.25) is 0 Å². The second-order valence-electron chi connectivity index (χ2n) is 7.59. The lowest BCUT2D eigenvalue weighted by Gasteiger charge is -2.21. The molecule has 2 aromatic rings. The molecule has 0 spiro atoms. The summed E-state index contributed by atoms with van der Waals surface area (Å²) in [7, 11) is 1.60. The average Bonchev–Trinajstić information content (AvgIpc) is 2.64. The quantitative estimate of drug-likeness (QED) is 0.741. The molecule has 2 aromatic carbocycles. The van der Waals surface area contributed by atoms with Gasteiger partial charge >= 0.3 is 0 Å². The molecule has 0 aliphatic rings. The number of carbonyl (C=O) groups is 1. The molecule has 0 heterocycles. The molecule has 2 N–H and O–H groups in total. The minimum Gasteiger partial charge on any atom is -0.493 e. The highest BCUT2D eigenvalue weighted by Gasteiger charge is 2.15. The molecule has 0 unspecified atom stereocenters. The highest BCUT2D eigenvalue weighted by molar-refractivity contribution is 5.78. The first-order valence-electron chi connectivity index (χ1n) is 9.17. The second-order valence-corrected chi connectivity index (χ2v) is 7.59. The molecule has 1 atom stereocenters. The van der Waals surface area contributed by atoms with Gasteiger partial charge < -0.3 is 20.1 Å². The van der Waals surface area contributed by atoms with Crippen LogP contribution in [0, 0.1) is 0 Å². The minimum atomic E-state index is -0.282. The van der Waals surface area contributed by atoms with Gasteiger partial charge in [-0.1, -0.05) is 36.4 Å². The van der Waals surface area contributed by atoms with Crippen LogP contribution in [0.4, 0.5) is 0 Å². The van der Waals surface area contributed by atoms with Crippen LogP contribution in [0.1, 0.15) is 44.9 Å². The Morgan fingerprint density at radius 2 is 1.78 bits per heavy atom. The average molecular weight is 370 g/mol. The van der Waals surface area contributed by atoms with E-state index in [-0.39, 0.29) is 24.1 Å². The summed E-state index contributed by atoms with van der Waals surface area (Å²) in [6.45, 7) is 8.60. The fraction of sp³-hybridized carbons (Fsp3) is 0.409. The third kappa shape index (κ3) is 6.94. The third-order valence-corrected chi connectivity index (χ3v) is 4.01. The number of hydrogen-bond acceptors (Lipinski definition) is 4. The van der Waals surface area contributed by atoms with Gasteiger partial charge in [0.25, 0.3) is 5.91 Å². The third-order valence-electron chi connectivity index (χ3n) is 4.01. The predicted molar refractivity (Wildman–Crippen MR) is 108 cm³/mol. The zero-order valence-corrected chi connectivity index (χ0v) is 16.8. The van der Waals surface area contributed by atoms with Crippen LogP contribution in [-0.4, -0.2) is 25.2 Å². The molecule has 146 valence electrons. The van der Waals surface area contributed by atoms with Crippen LogP contribution in [0.2, 0.25) is 0 Å². The molecule has 0 aliphatic heterocycles. The van der Waals surface area contributed by atoms with Gasteiger partial charge in [-0.3, -0.25) is 4.79 Å². The molecular formula is C22H30N2O3. The maximum absolute atomic E-state index is 11.9. The van der Waals surface area contributed by atoms with Crippen LogP contribution >= 0.6 is 0 Å². The van der Waals surface area contributed by atoms with E-state index in [2.05, 4.69) is 29.7 Å². The summed E-state index contributed by atoms with van der Waals surface area (Å²) in [5.41, 5.74) is 2.05. The van der Waals surface area contributed by atoms with E-state index in [1.54, 1.807) is 7.11 Å². The first-order chi connectivity index (χ1) is 12.8. The SMILES string of the molecule is COc1cc(CN[C@@H](C)c2ccccc2)ccc1OCC(=O)NC(C)(C)C. The molecule has 1 amide bonds. The van der Waals surface area contributed by atoms with Crippen molar-refractivity contribution in [1.82, 2.24) is 10.6 Å². The molecule has 27 heavy (non-hydrogen) atoms.